The van der Waals surface area contributed by atoms with E-state index in [1.54, 1.807) is 12.3 Å². The normalized spacial score (nSPS) is 18.4. The fourth-order valence-electron chi connectivity index (χ4n) is 2.68. The quantitative estimate of drug-likeness (QED) is 0.713. The SMILES string of the molecule is CC1CC1Nc1cc(Nc2cc(F)cc(F)c2)nc(-c2ccccn2)n1. The van der Waals surface area contributed by atoms with E-state index in [4.69, 9.17) is 0 Å². The molecule has 26 heavy (non-hydrogen) atoms. The summed E-state index contributed by atoms with van der Waals surface area (Å²) in [6.45, 7) is 2.16. The van der Waals surface area contributed by atoms with E-state index in [1.165, 1.54) is 12.1 Å². The van der Waals surface area contributed by atoms with Gasteiger partial charge in [-0.05, 0) is 36.6 Å². The van der Waals surface area contributed by atoms with Crippen LogP contribution in [0.15, 0.2) is 48.7 Å². The number of nitrogens with one attached hydrogen (secondary N) is 2. The smallest absolute Gasteiger partial charge is 0.182 e. The Balaban J connectivity index is 1.69. The molecule has 1 fully saturated rings. The van der Waals surface area contributed by atoms with Crippen molar-refractivity contribution in [3.8, 4) is 11.5 Å². The van der Waals surface area contributed by atoms with E-state index in [2.05, 4.69) is 32.5 Å². The van der Waals surface area contributed by atoms with Crippen LogP contribution in [0.5, 0.6) is 0 Å². The Morgan fingerprint density at radius 3 is 2.38 bits per heavy atom. The number of anilines is 3. The Morgan fingerprint density at radius 1 is 1.00 bits per heavy atom. The number of nitrogens with zero attached hydrogens (tertiary/aromatic N) is 3. The van der Waals surface area contributed by atoms with Gasteiger partial charge in [-0.15, -0.1) is 0 Å². The highest BCUT2D eigenvalue weighted by Crippen LogP contribution is 2.33. The van der Waals surface area contributed by atoms with Crippen LogP contribution in [0.4, 0.5) is 26.1 Å². The largest absolute Gasteiger partial charge is 0.367 e. The molecule has 0 amide bonds. The van der Waals surface area contributed by atoms with E-state index in [0.717, 1.165) is 12.5 Å². The number of aromatic nitrogens is 3. The predicted octanol–water partition coefficient (Wildman–Crippen LogP) is 4.38. The van der Waals surface area contributed by atoms with Crippen molar-refractivity contribution in [3.63, 3.8) is 0 Å². The maximum absolute atomic E-state index is 13.4. The van der Waals surface area contributed by atoms with Gasteiger partial charge in [0.15, 0.2) is 5.82 Å². The summed E-state index contributed by atoms with van der Waals surface area (Å²) in [7, 11) is 0. The number of hydrogen-bond donors (Lipinski definition) is 2. The first-order valence-corrected chi connectivity index (χ1v) is 8.37. The average molecular weight is 353 g/mol. The zero-order valence-corrected chi connectivity index (χ0v) is 14.1. The van der Waals surface area contributed by atoms with E-state index in [-0.39, 0.29) is 5.69 Å². The molecule has 1 aliphatic rings. The van der Waals surface area contributed by atoms with Crippen LogP contribution >= 0.6 is 0 Å². The Bertz CT molecular complexity index is 912. The molecule has 2 atom stereocenters. The molecule has 1 saturated carbocycles. The number of pyridine rings is 1. The Kier molecular flexibility index (Phi) is 4.20. The van der Waals surface area contributed by atoms with E-state index < -0.39 is 11.6 Å². The van der Waals surface area contributed by atoms with E-state index in [9.17, 15) is 8.78 Å². The Morgan fingerprint density at radius 2 is 1.73 bits per heavy atom. The fourth-order valence-corrected chi connectivity index (χ4v) is 2.68. The summed E-state index contributed by atoms with van der Waals surface area (Å²) in [6.07, 6.45) is 2.75. The van der Waals surface area contributed by atoms with Crippen LogP contribution in [-0.4, -0.2) is 21.0 Å². The van der Waals surface area contributed by atoms with Gasteiger partial charge in [0, 0.05) is 30.1 Å². The minimum Gasteiger partial charge on any atom is -0.367 e. The average Bonchev–Trinajstić information content (AvgIpc) is 3.29. The highest BCUT2D eigenvalue weighted by molar-refractivity contribution is 5.64. The van der Waals surface area contributed by atoms with Gasteiger partial charge < -0.3 is 10.6 Å². The molecular formula is C19H17F2N5. The van der Waals surface area contributed by atoms with Gasteiger partial charge >= 0.3 is 0 Å². The molecule has 2 aromatic heterocycles. The molecule has 2 unspecified atom stereocenters. The van der Waals surface area contributed by atoms with Crippen molar-refractivity contribution >= 4 is 17.3 Å². The van der Waals surface area contributed by atoms with Gasteiger partial charge in [0.2, 0.25) is 0 Å². The van der Waals surface area contributed by atoms with Gasteiger partial charge in [-0.3, -0.25) is 4.98 Å². The van der Waals surface area contributed by atoms with Crippen LogP contribution in [-0.2, 0) is 0 Å². The van der Waals surface area contributed by atoms with Gasteiger partial charge in [0.25, 0.3) is 0 Å². The molecule has 0 saturated heterocycles. The highest BCUT2D eigenvalue weighted by Gasteiger charge is 2.32. The number of benzene rings is 1. The van der Waals surface area contributed by atoms with Crippen molar-refractivity contribution in [1.82, 2.24) is 15.0 Å². The maximum Gasteiger partial charge on any atom is 0.182 e. The molecule has 5 nitrogen and oxygen atoms in total. The first kappa shape index (κ1) is 16.4. The second-order valence-corrected chi connectivity index (χ2v) is 6.42. The summed E-state index contributed by atoms with van der Waals surface area (Å²) in [5, 5.41) is 6.30. The van der Waals surface area contributed by atoms with Gasteiger partial charge in [-0.1, -0.05) is 13.0 Å². The van der Waals surface area contributed by atoms with Crippen molar-refractivity contribution in [1.29, 1.82) is 0 Å². The predicted molar refractivity (Wildman–Crippen MR) is 96.1 cm³/mol. The van der Waals surface area contributed by atoms with Crippen LogP contribution in [0.3, 0.4) is 0 Å². The van der Waals surface area contributed by atoms with Gasteiger partial charge in [-0.2, -0.15) is 0 Å². The third kappa shape index (κ3) is 3.77. The number of hydrogen-bond acceptors (Lipinski definition) is 5. The van der Waals surface area contributed by atoms with Crippen molar-refractivity contribution in [3.05, 3.63) is 60.3 Å². The number of rotatable bonds is 5. The van der Waals surface area contributed by atoms with Crippen molar-refractivity contribution in [2.24, 2.45) is 5.92 Å². The van der Waals surface area contributed by atoms with Gasteiger partial charge in [-0.25, -0.2) is 18.7 Å². The first-order valence-electron chi connectivity index (χ1n) is 8.37. The number of halogens is 2. The summed E-state index contributed by atoms with van der Waals surface area (Å²) in [5.41, 5.74) is 0.896. The van der Waals surface area contributed by atoms with E-state index in [1.807, 2.05) is 18.2 Å². The minimum absolute atomic E-state index is 0.277. The lowest BCUT2D eigenvalue weighted by Crippen LogP contribution is -2.08. The molecule has 0 spiro atoms. The Labute approximate surface area is 149 Å². The lowest BCUT2D eigenvalue weighted by atomic mass is 10.3. The molecule has 2 heterocycles. The lowest BCUT2D eigenvalue weighted by molar-refractivity contribution is 0.584. The van der Waals surface area contributed by atoms with Crippen LogP contribution in [0.2, 0.25) is 0 Å². The molecule has 1 aromatic carbocycles. The topological polar surface area (TPSA) is 62.7 Å². The molecule has 1 aliphatic carbocycles. The summed E-state index contributed by atoms with van der Waals surface area (Å²) in [6, 6.07) is 10.8. The van der Waals surface area contributed by atoms with Gasteiger partial charge in [0.1, 0.15) is 29.0 Å². The third-order valence-electron chi connectivity index (χ3n) is 4.20. The molecule has 7 heteroatoms. The summed E-state index contributed by atoms with van der Waals surface area (Å²) in [5.74, 6) is 0.796. The summed E-state index contributed by atoms with van der Waals surface area (Å²) >= 11 is 0. The second-order valence-electron chi connectivity index (χ2n) is 6.42. The molecule has 132 valence electrons. The zero-order chi connectivity index (χ0) is 18.1. The monoisotopic (exact) mass is 353 g/mol. The molecule has 0 radical (unpaired) electrons. The Hall–Kier alpha value is -3.09. The minimum atomic E-state index is -0.656. The molecule has 3 aromatic rings. The molecular weight excluding hydrogens is 336 g/mol. The first-order chi connectivity index (χ1) is 12.6. The van der Waals surface area contributed by atoms with E-state index >= 15 is 0 Å². The van der Waals surface area contributed by atoms with Crippen LogP contribution in [0.1, 0.15) is 13.3 Å². The maximum atomic E-state index is 13.4. The van der Waals surface area contributed by atoms with E-state index in [0.29, 0.717) is 35.1 Å². The van der Waals surface area contributed by atoms with Crippen molar-refractivity contribution in [2.75, 3.05) is 10.6 Å². The van der Waals surface area contributed by atoms with Crippen LogP contribution < -0.4 is 10.6 Å². The fraction of sp³-hybridized carbons (Fsp3) is 0.211. The van der Waals surface area contributed by atoms with Crippen LogP contribution in [0, 0.1) is 17.6 Å². The highest BCUT2D eigenvalue weighted by atomic mass is 19.1. The third-order valence-corrected chi connectivity index (χ3v) is 4.20. The summed E-state index contributed by atoms with van der Waals surface area (Å²) in [4.78, 5) is 13.2. The van der Waals surface area contributed by atoms with Gasteiger partial charge in [0.05, 0.1) is 0 Å². The molecule has 0 bridgehead atoms. The lowest BCUT2D eigenvalue weighted by Gasteiger charge is -2.11. The van der Waals surface area contributed by atoms with Crippen LogP contribution in [0.25, 0.3) is 11.5 Å². The molecule has 4 rings (SSSR count). The summed E-state index contributed by atoms with van der Waals surface area (Å²) < 4.78 is 26.9. The zero-order valence-electron chi connectivity index (χ0n) is 14.1. The van der Waals surface area contributed by atoms with Crippen molar-refractivity contribution in [2.45, 2.75) is 19.4 Å². The van der Waals surface area contributed by atoms with Crippen molar-refractivity contribution < 1.29 is 8.78 Å². The second kappa shape index (κ2) is 6.67. The molecule has 0 aliphatic heterocycles. The molecule has 2 N–H and O–H groups in total. The standard InChI is InChI=1S/C19H17F2N5/c1-11-6-16(11)24-18-10-17(23-14-8-12(20)7-13(21)9-14)25-19(26-18)15-4-2-3-5-22-15/h2-5,7-11,16H,6H2,1H3,(H2,23,24,25,26).